The topological polar surface area (TPSA) is 45.2 Å². The largest absolute Gasteiger partial charge is 0.322 e. The lowest BCUT2D eigenvalue weighted by Gasteiger charge is -2.28. The van der Waals surface area contributed by atoms with E-state index in [4.69, 9.17) is 0 Å². The molecule has 0 radical (unpaired) electrons. The molecule has 0 aliphatic rings. The fourth-order valence-corrected chi connectivity index (χ4v) is 3.97. The van der Waals surface area contributed by atoms with Crippen LogP contribution in [0.3, 0.4) is 0 Å². The summed E-state index contributed by atoms with van der Waals surface area (Å²) in [6, 6.07) is 8.10. The van der Waals surface area contributed by atoms with Crippen molar-refractivity contribution >= 4 is 44.7 Å². The number of urea groups is 1. The molecule has 2 amide bonds. The third-order valence-corrected chi connectivity index (χ3v) is 5.36. The molecule has 0 fully saturated rings. The molecule has 2 heterocycles. The number of carbonyl (C=O) groups is 1. The Labute approximate surface area is 143 Å². The minimum absolute atomic E-state index is 0.0576. The van der Waals surface area contributed by atoms with Gasteiger partial charge in [-0.25, -0.2) is 4.79 Å². The number of hydrogen-bond acceptors (Lipinski definition) is 4. The van der Waals surface area contributed by atoms with Crippen LogP contribution in [0.4, 0.5) is 10.5 Å². The molecule has 6 heteroatoms. The van der Waals surface area contributed by atoms with Gasteiger partial charge < -0.3 is 10.2 Å². The number of nitrogens with one attached hydrogen (secondary N) is 1. The molecular weight excluding hydrogens is 326 g/mol. The van der Waals surface area contributed by atoms with Crippen molar-refractivity contribution in [1.29, 1.82) is 0 Å². The van der Waals surface area contributed by atoms with Crippen LogP contribution in [0.25, 0.3) is 10.1 Å². The Morgan fingerprint density at radius 2 is 2.26 bits per heavy atom. The second kappa shape index (κ2) is 7.10. The van der Waals surface area contributed by atoms with Crippen LogP contribution in [0.15, 0.2) is 41.2 Å². The second-order valence-corrected chi connectivity index (χ2v) is 7.09. The Morgan fingerprint density at radius 1 is 1.39 bits per heavy atom. The molecule has 2 aromatic heterocycles. The highest BCUT2D eigenvalue weighted by Crippen LogP contribution is 2.22. The molecule has 0 spiro atoms. The van der Waals surface area contributed by atoms with Crippen LogP contribution in [0.5, 0.6) is 0 Å². The summed E-state index contributed by atoms with van der Waals surface area (Å²) in [6.45, 7) is 4.78. The fraction of sp³-hybridized carbons (Fsp3) is 0.294. The average molecular weight is 345 g/mol. The van der Waals surface area contributed by atoms with Gasteiger partial charge in [0.15, 0.2) is 0 Å². The van der Waals surface area contributed by atoms with Gasteiger partial charge in [0.05, 0.1) is 4.70 Å². The highest BCUT2D eigenvalue weighted by Gasteiger charge is 2.19. The number of anilines is 1. The third kappa shape index (κ3) is 3.71. The number of rotatable bonds is 5. The second-order valence-electron chi connectivity index (χ2n) is 5.48. The van der Waals surface area contributed by atoms with Crippen LogP contribution < -0.4 is 5.32 Å². The van der Waals surface area contributed by atoms with E-state index in [0.29, 0.717) is 6.54 Å². The maximum Gasteiger partial charge on any atom is 0.322 e. The van der Waals surface area contributed by atoms with Crippen LogP contribution in [0.1, 0.15) is 19.4 Å². The Hall–Kier alpha value is -1.92. The van der Waals surface area contributed by atoms with Crippen LogP contribution >= 0.6 is 22.9 Å². The molecule has 4 nitrogen and oxygen atoms in total. The predicted octanol–water partition coefficient (Wildman–Crippen LogP) is 4.84. The van der Waals surface area contributed by atoms with Crippen molar-refractivity contribution in [3.63, 3.8) is 0 Å². The van der Waals surface area contributed by atoms with E-state index in [0.717, 1.165) is 22.2 Å². The van der Waals surface area contributed by atoms with E-state index in [2.05, 4.69) is 33.4 Å². The highest BCUT2D eigenvalue weighted by atomic mass is 32.1. The molecule has 0 saturated carbocycles. The lowest BCUT2D eigenvalue weighted by atomic mass is 10.1. The normalized spacial score (nSPS) is 12.3. The molecule has 0 aliphatic carbocycles. The predicted molar refractivity (Wildman–Crippen MR) is 98.5 cm³/mol. The molecule has 120 valence electrons. The zero-order valence-corrected chi connectivity index (χ0v) is 14.8. The third-order valence-electron chi connectivity index (χ3n) is 3.85. The molecule has 1 aromatic carbocycles. The summed E-state index contributed by atoms with van der Waals surface area (Å²) in [5, 5.41) is 8.27. The van der Waals surface area contributed by atoms with Crippen molar-refractivity contribution in [2.24, 2.45) is 0 Å². The first-order chi connectivity index (χ1) is 11.2. The van der Waals surface area contributed by atoms with E-state index in [1.165, 1.54) is 17.1 Å². The van der Waals surface area contributed by atoms with Crippen LogP contribution in [-0.4, -0.2) is 27.9 Å². The summed E-state index contributed by atoms with van der Waals surface area (Å²) < 4.78 is 5.29. The fourth-order valence-electron chi connectivity index (χ4n) is 2.66. The quantitative estimate of drug-likeness (QED) is 0.719. The van der Waals surface area contributed by atoms with Crippen LogP contribution in [0, 0.1) is 0 Å². The zero-order valence-electron chi connectivity index (χ0n) is 13.2. The van der Waals surface area contributed by atoms with Crippen molar-refractivity contribution in [2.75, 3.05) is 11.9 Å². The standard InChI is InChI=1S/C17H19N3OS2/c1-3-20(12(2)8-13-6-7-22-11-13)17(21)19-15-4-5-16-14(9-15)10-18-23-16/h4-7,9-12H,3,8H2,1-2H3,(H,19,21). The van der Waals surface area contributed by atoms with E-state index in [1.54, 1.807) is 11.3 Å². The molecule has 0 aliphatic heterocycles. The number of carbonyl (C=O) groups excluding carboxylic acids is 1. The van der Waals surface area contributed by atoms with Gasteiger partial charge in [0.25, 0.3) is 0 Å². The van der Waals surface area contributed by atoms with Crippen LogP contribution in [-0.2, 0) is 6.42 Å². The van der Waals surface area contributed by atoms with E-state index in [-0.39, 0.29) is 12.1 Å². The highest BCUT2D eigenvalue weighted by molar-refractivity contribution is 7.13. The Morgan fingerprint density at radius 3 is 3.00 bits per heavy atom. The average Bonchev–Trinajstić information content (AvgIpc) is 3.18. The number of amides is 2. The van der Waals surface area contributed by atoms with Gasteiger partial charge in [-0.05, 0) is 72.4 Å². The monoisotopic (exact) mass is 345 g/mol. The molecule has 23 heavy (non-hydrogen) atoms. The lowest BCUT2D eigenvalue weighted by Crippen LogP contribution is -2.42. The number of fused-ring (bicyclic) bond motifs is 1. The number of thiophene rings is 1. The lowest BCUT2D eigenvalue weighted by molar-refractivity contribution is 0.196. The van der Waals surface area contributed by atoms with Crippen molar-refractivity contribution in [3.05, 3.63) is 46.8 Å². The van der Waals surface area contributed by atoms with Crippen LogP contribution in [0.2, 0.25) is 0 Å². The van der Waals surface area contributed by atoms with E-state index >= 15 is 0 Å². The van der Waals surface area contributed by atoms with Gasteiger partial charge in [-0.2, -0.15) is 15.7 Å². The summed E-state index contributed by atoms with van der Waals surface area (Å²) in [7, 11) is 0. The molecule has 3 aromatic rings. The number of nitrogens with zero attached hydrogens (tertiary/aromatic N) is 2. The van der Waals surface area contributed by atoms with Crippen molar-refractivity contribution < 1.29 is 4.79 Å². The first-order valence-corrected chi connectivity index (χ1v) is 9.32. The zero-order chi connectivity index (χ0) is 16.2. The van der Waals surface area contributed by atoms with Gasteiger partial charge in [-0.3, -0.25) is 0 Å². The molecule has 3 rings (SSSR count). The smallest absolute Gasteiger partial charge is 0.322 e. The van der Waals surface area contributed by atoms with Gasteiger partial charge in [-0.15, -0.1) is 0 Å². The van der Waals surface area contributed by atoms with Gasteiger partial charge in [-0.1, -0.05) is 0 Å². The number of hydrogen-bond donors (Lipinski definition) is 1. The number of likely N-dealkylation sites (N-methyl/N-ethyl adjacent to an activating group) is 1. The van der Waals surface area contributed by atoms with Gasteiger partial charge >= 0.3 is 6.03 Å². The maximum absolute atomic E-state index is 12.6. The minimum Gasteiger partial charge on any atom is -0.322 e. The Balaban J connectivity index is 1.68. The Bertz CT molecular complexity index is 782. The molecule has 0 bridgehead atoms. The van der Waals surface area contributed by atoms with E-state index in [1.807, 2.05) is 36.2 Å². The summed E-state index contributed by atoms with van der Waals surface area (Å²) in [6.07, 6.45) is 2.70. The van der Waals surface area contributed by atoms with Gasteiger partial charge in [0.1, 0.15) is 0 Å². The van der Waals surface area contributed by atoms with E-state index in [9.17, 15) is 4.79 Å². The molecule has 1 unspecified atom stereocenters. The summed E-state index contributed by atoms with van der Waals surface area (Å²) in [4.78, 5) is 14.5. The molecule has 1 N–H and O–H groups in total. The minimum atomic E-state index is -0.0576. The summed E-state index contributed by atoms with van der Waals surface area (Å²) >= 11 is 3.15. The SMILES string of the molecule is CCN(C(=O)Nc1ccc2sncc2c1)C(C)Cc1ccsc1. The maximum atomic E-state index is 12.6. The number of aromatic nitrogens is 1. The van der Waals surface area contributed by atoms with Crippen molar-refractivity contribution in [3.8, 4) is 0 Å². The first kappa shape index (κ1) is 16.0. The number of benzene rings is 1. The molecule has 0 saturated heterocycles. The van der Waals surface area contributed by atoms with Gasteiger partial charge in [0, 0.05) is 29.9 Å². The molecule has 1 atom stereocenters. The van der Waals surface area contributed by atoms with Gasteiger partial charge in [0.2, 0.25) is 0 Å². The van der Waals surface area contributed by atoms with E-state index < -0.39 is 0 Å². The first-order valence-electron chi connectivity index (χ1n) is 7.60. The summed E-state index contributed by atoms with van der Waals surface area (Å²) in [5.41, 5.74) is 2.09. The summed E-state index contributed by atoms with van der Waals surface area (Å²) in [5.74, 6) is 0. The van der Waals surface area contributed by atoms with Crippen molar-refractivity contribution in [2.45, 2.75) is 26.3 Å². The molecular formula is C17H19N3OS2. The van der Waals surface area contributed by atoms with Crippen molar-refractivity contribution in [1.82, 2.24) is 9.27 Å². The Kier molecular flexibility index (Phi) is 4.93.